The number of nitrogens with one attached hydrogen (secondary N) is 2. The molecule has 0 heterocycles. The summed E-state index contributed by atoms with van der Waals surface area (Å²) in [5, 5.41) is 2.74. The first-order valence-corrected chi connectivity index (χ1v) is 8.97. The van der Waals surface area contributed by atoms with Crippen molar-refractivity contribution in [2.24, 2.45) is 5.84 Å². The van der Waals surface area contributed by atoms with E-state index in [1.54, 1.807) is 18.7 Å². The minimum Gasteiger partial charge on any atom is -0.464 e. The van der Waals surface area contributed by atoms with Crippen molar-refractivity contribution in [2.45, 2.75) is 31.8 Å². The molecule has 0 aliphatic carbocycles. The third kappa shape index (κ3) is 7.02. The number of carbonyl (C=O) groups excluding carboxylic acids is 2. The zero-order valence-electron chi connectivity index (χ0n) is 13.6. The van der Waals surface area contributed by atoms with Crippen LogP contribution in [0.4, 0.5) is 0 Å². The van der Waals surface area contributed by atoms with E-state index in [1.165, 1.54) is 0 Å². The fraction of sp³-hybridized carbons (Fsp3) is 0.500. The van der Waals surface area contributed by atoms with Crippen LogP contribution >= 0.6 is 11.8 Å². The molecule has 0 aromatic heterocycles. The molecule has 0 saturated carbocycles. The Morgan fingerprint density at radius 1 is 1.26 bits per heavy atom. The average molecular weight is 339 g/mol. The summed E-state index contributed by atoms with van der Waals surface area (Å²) in [6, 6.07) is 8.31. The van der Waals surface area contributed by atoms with Crippen LogP contribution in [0.2, 0.25) is 0 Å². The molecule has 0 aliphatic rings. The molecule has 1 amide bonds. The molecule has 0 fully saturated rings. The third-order valence-electron chi connectivity index (χ3n) is 3.30. The highest BCUT2D eigenvalue weighted by Crippen LogP contribution is 2.06. The first-order valence-electron chi connectivity index (χ1n) is 7.58. The fourth-order valence-corrected chi connectivity index (χ4v) is 2.55. The summed E-state index contributed by atoms with van der Waals surface area (Å²) in [5.41, 5.74) is 3.50. The second-order valence-electron chi connectivity index (χ2n) is 5.00. The lowest BCUT2D eigenvalue weighted by atomic mass is 10.1. The van der Waals surface area contributed by atoms with Crippen LogP contribution in [0.15, 0.2) is 30.3 Å². The van der Waals surface area contributed by atoms with E-state index in [9.17, 15) is 9.59 Å². The summed E-state index contributed by atoms with van der Waals surface area (Å²) < 4.78 is 5.02. The summed E-state index contributed by atoms with van der Waals surface area (Å²) in [5.74, 6) is 5.53. The summed E-state index contributed by atoms with van der Waals surface area (Å²) in [4.78, 5) is 24.3. The lowest BCUT2D eigenvalue weighted by Gasteiger charge is -2.21. The summed E-state index contributed by atoms with van der Waals surface area (Å²) in [6.45, 7) is 2.03. The van der Waals surface area contributed by atoms with Crippen LogP contribution in [0.25, 0.3) is 0 Å². The number of benzene rings is 1. The fourth-order valence-electron chi connectivity index (χ4n) is 2.08. The molecular weight excluding hydrogens is 314 g/mol. The molecule has 4 N–H and O–H groups in total. The Morgan fingerprint density at radius 3 is 2.52 bits per heavy atom. The van der Waals surface area contributed by atoms with Gasteiger partial charge in [-0.15, -0.1) is 0 Å². The van der Waals surface area contributed by atoms with E-state index in [1.807, 2.05) is 36.6 Å². The predicted molar refractivity (Wildman–Crippen MR) is 92.8 cm³/mol. The molecule has 128 valence electrons. The van der Waals surface area contributed by atoms with Gasteiger partial charge in [0.1, 0.15) is 12.1 Å². The molecule has 0 unspecified atom stereocenters. The van der Waals surface area contributed by atoms with Crippen LogP contribution < -0.4 is 16.6 Å². The highest BCUT2D eigenvalue weighted by Gasteiger charge is 2.25. The zero-order valence-corrected chi connectivity index (χ0v) is 14.4. The number of thioether (sulfide) groups is 1. The van der Waals surface area contributed by atoms with E-state index < -0.39 is 18.1 Å². The van der Waals surface area contributed by atoms with Gasteiger partial charge < -0.3 is 10.1 Å². The van der Waals surface area contributed by atoms with Crippen LogP contribution in [0.5, 0.6) is 0 Å². The van der Waals surface area contributed by atoms with Crippen molar-refractivity contribution in [1.82, 2.24) is 10.7 Å². The number of nitrogens with two attached hydrogens (primary N) is 1. The maximum atomic E-state index is 12.4. The molecule has 0 radical (unpaired) electrons. The van der Waals surface area contributed by atoms with Crippen molar-refractivity contribution < 1.29 is 14.3 Å². The number of rotatable bonds is 10. The SMILES string of the molecule is CCOC(=O)[C@H](CCSC)NC(=O)[C@H](Cc1ccccc1)NN. The number of carbonyl (C=O) groups is 2. The van der Waals surface area contributed by atoms with Crippen molar-refractivity contribution in [2.75, 3.05) is 18.6 Å². The molecule has 6 nitrogen and oxygen atoms in total. The lowest BCUT2D eigenvalue weighted by Crippen LogP contribution is -2.53. The minimum absolute atomic E-state index is 0.285. The van der Waals surface area contributed by atoms with Crippen molar-refractivity contribution in [3.63, 3.8) is 0 Å². The Morgan fingerprint density at radius 2 is 1.96 bits per heavy atom. The Hall–Kier alpha value is -1.57. The molecule has 1 aromatic rings. The predicted octanol–water partition coefficient (Wildman–Crippen LogP) is 0.862. The normalized spacial score (nSPS) is 13.2. The van der Waals surface area contributed by atoms with Crippen LogP contribution in [-0.4, -0.2) is 42.6 Å². The van der Waals surface area contributed by atoms with E-state index in [4.69, 9.17) is 10.6 Å². The molecule has 0 saturated heterocycles. The van der Waals surface area contributed by atoms with Gasteiger partial charge in [0.15, 0.2) is 0 Å². The number of ether oxygens (including phenoxy) is 1. The molecular formula is C16H25N3O3S. The monoisotopic (exact) mass is 339 g/mol. The number of amides is 1. The van der Waals surface area contributed by atoms with E-state index in [-0.39, 0.29) is 12.5 Å². The third-order valence-corrected chi connectivity index (χ3v) is 3.94. The molecule has 2 atom stereocenters. The molecule has 23 heavy (non-hydrogen) atoms. The summed E-state index contributed by atoms with van der Waals surface area (Å²) in [6.07, 6.45) is 2.92. The van der Waals surface area contributed by atoms with Crippen molar-refractivity contribution in [1.29, 1.82) is 0 Å². The van der Waals surface area contributed by atoms with Crippen LogP contribution in [-0.2, 0) is 20.7 Å². The number of hydrazine groups is 1. The van der Waals surface area contributed by atoms with E-state index >= 15 is 0 Å². The molecule has 0 aliphatic heterocycles. The Bertz CT molecular complexity index is 485. The van der Waals surface area contributed by atoms with Gasteiger partial charge in [-0.2, -0.15) is 11.8 Å². The number of esters is 1. The van der Waals surface area contributed by atoms with Gasteiger partial charge in [-0.3, -0.25) is 10.6 Å². The van der Waals surface area contributed by atoms with Gasteiger partial charge in [-0.05, 0) is 37.3 Å². The van der Waals surface area contributed by atoms with E-state index in [0.717, 1.165) is 11.3 Å². The van der Waals surface area contributed by atoms with Crippen LogP contribution in [0.1, 0.15) is 18.9 Å². The quantitative estimate of drug-likeness (QED) is 0.333. The Labute approximate surface area is 141 Å². The highest BCUT2D eigenvalue weighted by atomic mass is 32.2. The van der Waals surface area contributed by atoms with Gasteiger partial charge in [0.05, 0.1) is 6.61 Å². The Kier molecular flexibility index (Phi) is 9.35. The van der Waals surface area contributed by atoms with Gasteiger partial charge in [0.2, 0.25) is 5.91 Å². The number of hydrogen-bond acceptors (Lipinski definition) is 6. The van der Waals surface area contributed by atoms with Gasteiger partial charge in [0.25, 0.3) is 0 Å². The smallest absolute Gasteiger partial charge is 0.328 e. The van der Waals surface area contributed by atoms with Crippen molar-refractivity contribution in [3.8, 4) is 0 Å². The first-order chi connectivity index (χ1) is 11.1. The van der Waals surface area contributed by atoms with Crippen LogP contribution in [0, 0.1) is 0 Å². The summed E-state index contributed by atoms with van der Waals surface area (Å²) in [7, 11) is 0. The van der Waals surface area contributed by atoms with Crippen molar-refractivity contribution in [3.05, 3.63) is 35.9 Å². The second kappa shape index (κ2) is 11.0. The second-order valence-corrected chi connectivity index (χ2v) is 5.99. The molecule has 7 heteroatoms. The standard InChI is InChI=1S/C16H25N3O3S/c1-3-22-16(21)13(9-10-23-2)18-15(20)14(19-17)11-12-7-5-4-6-8-12/h4-8,13-14,19H,3,9-11,17H2,1-2H3,(H,18,20)/t13-,14-/m0/s1. The van der Waals surface area contributed by atoms with E-state index in [2.05, 4.69) is 10.7 Å². The zero-order chi connectivity index (χ0) is 17.1. The van der Waals surface area contributed by atoms with Gasteiger partial charge in [-0.1, -0.05) is 30.3 Å². The number of hydrogen-bond donors (Lipinski definition) is 3. The highest BCUT2D eigenvalue weighted by molar-refractivity contribution is 7.98. The van der Waals surface area contributed by atoms with Crippen LogP contribution in [0.3, 0.4) is 0 Å². The average Bonchev–Trinajstić information content (AvgIpc) is 2.57. The van der Waals surface area contributed by atoms with Gasteiger partial charge in [-0.25, -0.2) is 10.2 Å². The maximum absolute atomic E-state index is 12.4. The molecule has 0 bridgehead atoms. The topological polar surface area (TPSA) is 93.4 Å². The minimum atomic E-state index is -0.651. The summed E-state index contributed by atoms with van der Waals surface area (Å²) >= 11 is 1.61. The van der Waals surface area contributed by atoms with Gasteiger partial charge in [0, 0.05) is 0 Å². The first kappa shape index (κ1) is 19.5. The molecule has 0 spiro atoms. The Balaban J connectivity index is 2.68. The van der Waals surface area contributed by atoms with Gasteiger partial charge >= 0.3 is 5.97 Å². The lowest BCUT2D eigenvalue weighted by molar-refractivity contribution is -0.147. The molecule has 1 rings (SSSR count). The largest absolute Gasteiger partial charge is 0.464 e. The van der Waals surface area contributed by atoms with Crippen molar-refractivity contribution >= 4 is 23.6 Å². The van der Waals surface area contributed by atoms with E-state index in [0.29, 0.717) is 12.8 Å². The molecule has 1 aromatic carbocycles. The maximum Gasteiger partial charge on any atom is 0.328 e.